The largest absolute Gasteiger partial charge is 0.494 e. The Balaban J connectivity index is 2.04. The summed E-state index contributed by atoms with van der Waals surface area (Å²) < 4.78 is 49.4. The molecule has 3 aromatic rings. The quantitative estimate of drug-likeness (QED) is 0.299. The zero-order chi connectivity index (χ0) is 29.4. The molecule has 8 nitrogen and oxygen atoms in total. The van der Waals surface area contributed by atoms with Crippen LogP contribution in [0.25, 0.3) is 0 Å². The molecule has 3 aromatic carbocycles. The van der Waals surface area contributed by atoms with Gasteiger partial charge in [0.2, 0.25) is 11.8 Å². The van der Waals surface area contributed by atoms with Crippen LogP contribution in [0, 0.1) is 5.82 Å². The van der Waals surface area contributed by atoms with Crippen molar-refractivity contribution in [2.45, 2.75) is 51.2 Å². The van der Waals surface area contributed by atoms with Crippen LogP contribution in [0.5, 0.6) is 5.75 Å². The Morgan fingerprint density at radius 3 is 2.17 bits per heavy atom. The maximum atomic E-state index is 14.6. The summed E-state index contributed by atoms with van der Waals surface area (Å²) in [6.07, 6.45) is 0. The van der Waals surface area contributed by atoms with E-state index < -0.39 is 40.2 Å². The normalized spacial score (nSPS) is 12.1. The second-order valence-electron chi connectivity index (χ2n) is 9.34. The van der Waals surface area contributed by atoms with Gasteiger partial charge in [-0.1, -0.05) is 34.1 Å². The van der Waals surface area contributed by atoms with Gasteiger partial charge in [-0.3, -0.25) is 13.9 Å². The van der Waals surface area contributed by atoms with Crippen LogP contribution < -0.4 is 14.4 Å². The van der Waals surface area contributed by atoms with E-state index >= 15 is 0 Å². The number of anilines is 1. The SMILES string of the molecule is CCOc1ccc(N(CC(=O)N(Cc2ccccc2F)[C@@H](C)C(=O)NC(C)C)S(=O)(=O)c2ccc(Br)cc2)cc1. The number of benzene rings is 3. The number of carbonyl (C=O) groups is 2. The summed E-state index contributed by atoms with van der Waals surface area (Å²) in [5.41, 5.74) is 0.424. The summed E-state index contributed by atoms with van der Waals surface area (Å²) in [6, 6.07) is 17.1. The molecule has 0 saturated heterocycles. The van der Waals surface area contributed by atoms with Crippen molar-refractivity contribution >= 4 is 43.5 Å². The predicted molar refractivity (Wildman–Crippen MR) is 156 cm³/mol. The number of nitrogens with one attached hydrogen (secondary N) is 1. The Morgan fingerprint density at radius 1 is 0.975 bits per heavy atom. The number of sulfonamides is 1. The lowest BCUT2D eigenvalue weighted by Gasteiger charge is -2.32. The number of ether oxygens (including phenoxy) is 1. The van der Waals surface area contributed by atoms with Gasteiger partial charge >= 0.3 is 0 Å². The first-order valence-corrected chi connectivity index (χ1v) is 15.0. The summed E-state index contributed by atoms with van der Waals surface area (Å²) in [6.45, 7) is 6.50. The molecule has 0 fully saturated rings. The van der Waals surface area contributed by atoms with Crippen LogP contribution >= 0.6 is 15.9 Å². The van der Waals surface area contributed by atoms with Gasteiger partial charge in [-0.2, -0.15) is 0 Å². The molecule has 0 aliphatic rings. The van der Waals surface area contributed by atoms with E-state index in [-0.39, 0.29) is 28.7 Å². The van der Waals surface area contributed by atoms with Crippen LogP contribution in [0.15, 0.2) is 82.2 Å². The standard InChI is InChI=1S/C29H33BrFN3O5S/c1-5-39-25-14-12-24(13-15-25)34(40(37,38)26-16-10-23(30)11-17-26)19-28(35)33(21(4)29(36)32-20(2)3)18-22-8-6-7-9-27(22)31/h6-17,20-21H,5,18-19H2,1-4H3,(H,32,36)/t21-/m0/s1. The summed E-state index contributed by atoms with van der Waals surface area (Å²) in [7, 11) is -4.22. The fourth-order valence-electron chi connectivity index (χ4n) is 3.94. The van der Waals surface area contributed by atoms with Gasteiger partial charge in [0.1, 0.15) is 24.2 Å². The molecule has 0 radical (unpaired) electrons. The zero-order valence-electron chi connectivity index (χ0n) is 22.8. The maximum absolute atomic E-state index is 14.6. The Hall–Kier alpha value is -3.44. The van der Waals surface area contributed by atoms with Crippen molar-refractivity contribution in [3.05, 3.63) is 88.6 Å². The molecular formula is C29H33BrFN3O5S. The van der Waals surface area contributed by atoms with E-state index in [1.165, 1.54) is 42.2 Å². The number of hydrogen-bond acceptors (Lipinski definition) is 5. The molecule has 11 heteroatoms. The summed E-state index contributed by atoms with van der Waals surface area (Å²) >= 11 is 3.31. The van der Waals surface area contributed by atoms with Gasteiger partial charge in [0, 0.05) is 22.6 Å². The van der Waals surface area contributed by atoms with E-state index in [4.69, 9.17) is 4.74 Å². The van der Waals surface area contributed by atoms with Crippen molar-refractivity contribution < 1.29 is 27.1 Å². The van der Waals surface area contributed by atoms with E-state index in [9.17, 15) is 22.4 Å². The summed E-state index contributed by atoms with van der Waals surface area (Å²) in [5, 5.41) is 2.77. The summed E-state index contributed by atoms with van der Waals surface area (Å²) in [5.74, 6) is -1.12. The molecule has 0 aromatic heterocycles. The minimum Gasteiger partial charge on any atom is -0.494 e. The molecule has 3 rings (SSSR count). The van der Waals surface area contributed by atoms with Gasteiger partial charge in [-0.05, 0) is 82.3 Å². The van der Waals surface area contributed by atoms with Crippen molar-refractivity contribution in [2.75, 3.05) is 17.5 Å². The van der Waals surface area contributed by atoms with Crippen LogP contribution in [0.3, 0.4) is 0 Å². The molecule has 1 N–H and O–H groups in total. The Kier molecular flexibility index (Phi) is 10.7. The highest BCUT2D eigenvalue weighted by Gasteiger charge is 2.33. The first-order chi connectivity index (χ1) is 18.9. The van der Waals surface area contributed by atoms with Crippen molar-refractivity contribution in [2.24, 2.45) is 0 Å². The molecule has 0 saturated carbocycles. The van der Waals surface area contributed by atoms with Gasteiger partial charge < -0.3 is 15.0 Å². The molecule has 0 spiro atoms. The van der Waals surface area contributed by atoms with Gasteiger partial charge in [0.15, 0.2) is 0 Å². The average Bonchev–Trinajstić information content (AvgIpc) is 2.91. The number of halogens is 2. The number of rotatable bonds is 12. The third-order valence-electron chi connectivity index (χ3n) is 6.01. The molecule has 0 unspecified atom stereocenters. The second-order valence-corrected chi connectivity index (χ2v) is 12.1. The highest BCUT2D eigenvalue weighted by molar-refractivity contribution is 9.10. The van der Waals surface area contributed by atoms with Crippen LogP contribution in [0.4, 0.5) is 10.1 Å². The third kappa shape index (κ3) is 7.82. The Bertz CT molecular complexity index is 1420. The minimum absolute atomic E-state index is 0.0244. The average molecular weight is 635 g/mol. The van der Waals surface area contributed by atoms with Gasteiger partial charge in [0.25, 0.3) is 10.0 Å². The molecule has 0 aliphatic carbocycles. The number of carbonyl (C=O) groups excluding carboxylic acids is 2. The number of amides is 2. The van der Waals surface area contributed by atoms with Crippen LogP contribution in [0.2, 0.25) is 0 Å². The molecule has 0 aliphatic heterocycles. The first-order valence-electron chi connectivity index (χ1n) is 12.8. The van der Waals surface area contributed by atoms with E-state index in [2.05, 4.69) is 21.2 Å². The second kappa shape index (κ2) is 13.8. The molecule has 1 atom stereocenters. The van der Waals surface area contributed by atoms with Crippen molar-refractivity contribution in [1.82, 2.24) is 10.2 Å². The lowest BCUT2D eigenvalue weighted by molar-refractivity contribution is -0.139. The highest BCUT2D eigenvalue weighted by atomic mass is 79.9. The minimum atomic E-state index is -4.22. The lowest BCUT2D eigenvalue weighted by atomic mass is 10.1. The van der Waals surface area contributed by atoms with E-state index in [1.807, 2.05) is 6.92 Å². The summed E-state index contributed by atoms with van der Waals surface area (Å²) in [4.78, 5) is 28.0. The van der Waals surface area contributed by atoms with Crippen LogP contribution in [-0.2, 0) is 26.2 Å². The van der Waals surface area contributed by atoms with Crippen LogP contribution in [-0.4, -0.2) is 50.4 Å². The van der Waals surface area contributed by atoms with E-state index in [1.54, 1.807) is 56.3 Å². The van der Waals surface area contributed by atoms with Gasteiger partial charge in [-0.25, -0.2) is 12.8 Å². The zero-order valence-corrected chi connectivity index (χ0v) is 25.2. The fourth-order valence-corrected chi connectivity index (χ4v) is 5.61. The highest BCUT2D eigenvalue weighted by Crippen LogP contribution is 2.27. The molecule has 0 bridgehead atoms. The third-order valence-corrected chi connectivity index (χ3v) is 8.33. The Morgan fingerprint density at radius 2 is 1.60 bits per heavy atom. The fraction of sp³-hybridized carbons (Fsp3) is 0.310. The Labute approximate surface area is 243 Å². The predicted octanol–water partition coefficient (Wildman–Crippen LogP) is 5.12. The molecular weight excluding hydrogens is 601 g/mol. The van der Waals surface area contributed by atoms with E-state index in [0.717, 1.165) is 4.31 Å². The smallest absolute Gasteiger partial charge is 0.264 e. The molecule has 2 amide bonds. The van der Waals surface area contributed by atoms with Crippen molar-refractivity contribution in [1.29, 1.82) is 0 Å². The van der Waals surface area contributed by atoms with Crippen molar-refractivity contribution in [3.63, 3.8) is 0 Å². The molecule has 40 heavy (non-hydrogen) atoms. The lowest BCUT2D eigenvalue weighted by Crippen LogP contribution is -2.52. The van der Waals surface area contributed by atoms with E-state index in [0.29, 0.717) is 16.8 Å². The molecule has 214 valence electrons. The molecule has 0 heterocycles. The topological polar surface area (TPSA) is 96.0 Å². The first kappa shape index (κ1) is 31.1. The van der Waals surface area contributed by atoms with Gasteiger partial charge in [0.05, 0.1) is 17.2 Å². The van der Waals surface area contributed by atoms with Crippen molar-refractivity contribution in [3.8, 4) is 5.75 Å². The van der Waals surface area contributed by atoms with Gasteiger partial charge in [-0.15, -0.1) is 0 Å². The van der Waals surface area contributed by atoms with Crippen LogP contribution in [0.1, 0.15) is 33.3 Å². The maximum Gasteiger partial charge on any atom is 0.264 e. The number of nitrogens with zero attached hydrogens (tertiary/aromatic N) is 2. The number of hydrogen-bond donors (Lipinski definition) is 1. The monoisotopic (exact) mass is 633 g/mol.